The van der Waals surface area contributed by atoms with Crippen LogP contribution in [0.15, 0.2) is 60.8 Å². The molecule has 3 aromatic rings. The highest BCUT2D eigenvalue weighted by molar-refractivity contribution is 5.93. The zero-order valence-electron chi connectivity index (χ0n) is 18.6. The molecule has 1 aliphatic carbocycles. The van der Waals surface area contributed by atoms with E-state index in [1.807, 2.05) is 36.4 Å². The number of carbonyl (C=O) groups is 2. The van der Waals surface area contributed by atoms with Crippen molar-refractivity contribution in [1.29, 1.82) is 0 Å². The molecule has 0 bridgehead atoms. The van der Waals surface area contributed by atoms with Crippen LogP contribution in [0, 0.1) is 17.7 Å². The van der Waals surface area contributed by atoms with Crippen molar-refractivity contribution in [2.45, 2.75) is 44.6 Å². The van der Waals surface area contributed by atoms with Gasteiger partial charge in [0.1, 0.15) is 18.5 Å². The van der Waals surface area contributed by atoms with Crippen molar-refractivity contribution in [2.24, 2.45) is 11.8 Å². The van der Waals surface area contributed by atoms with Crippen molar-refractivity contribution in [3.63, 3.8) is 0 Å². The summed E-state index contributed by atoms with van der Waals surface area (Å²) in [4.78, 5) is 31.2. The lowest BCUT2D eigenvalue weighted by atomic mass is 9.71. The second-order valence-corrected chi connectivity index (χ2v) is 9.28. The predicted molar refractivity (Wildman–Crippen MR) is 123 cm³/mol. The molecule has 1 aromatic heterocycles. The van der Waals surface area contributed by atoms with Gasteiger partial charge in [0.05, 0.1) is 5.52 Å². The average Bonchev–Trinajstić information content (AvgIpc) is 3.22. The summed E-state index contributed by atoms with van der Waals surface area (Å²) in [5.74, 6) is 0.377. The van der Waals surface area contributed by atoms with Gasteiger partial charge in [0, 0.05) is 18.0 Å². The monoisotopic (exact) mass is 446 g/mol. The first-order valence-corrected chi connectivity index (χ1v) is 11.6. The van der Waals surface area contributed by atoms with E-state index in [1.54, 1.807) is 18.3 Å². The summed E-state index contributed by atoms with van der Waals surface area (Å²) < 4.78 is 19.1. The molecule has 2 amide bonds. The quantitative estimate of drug-likeness (QED) is 0.493. The maximum absolute atomic E-state index is 13.9. The molecule has 2 fully saturated rings. The van der Waals surface area contributed by atoms with E-state index in [1.165, 1.54) is 11.0 Å². The van der Waals surface area contributed by atoms with Gasteiger partial charge in [-0.05, 0) is 72.4 Å². The number of nitrogens with zero attached hydrogens (tertiary/aromatic N) is 2. The molecular formula is C27H27FN2O3. The number of hydrogen-bond donors (Lipinski definition) is 0. The largest absolute Gasteiger partial charge is 0.446 e. The molecule has 2 aromatic carbocycles. The molecule has 1 aliphatic heterocycles. The Bertz CT molecular complexity index is 1180. The first-order chi connectivity index (χ1) is 16.0. The van der Waals surface area contributed by atoms with Gasteiger partial charge in [0.25, 0.3) is 0 Å². The van der Waals surface area contributed by atoms with Crippen LogP contribution >= 0.6 is 0 Å². The molecule has 0 radical (unpaired) electrons. The highest BCUT2D eigenvalue weighted by Gasteiger charge is 2.40. The summed E-state index contributed by atoms with van der Waals surface area (Å²) >= 11 is 0. The number of halogens is 1. The van der Waals surface area contributed by atoms with Gasteiger partial charge in [-0.25, -0.2) is 14.1 Å². The molecule has 0 spiro atoms. The Morgan fingerprint density at radius 1 is 1.15 bits per heavy atom. The molecule has 1 saturated carbocycles. The van der Waals surface area contributed by atoms with E-state index in [2.05, 4.69) is 11.9 Å². The standard InChI is InChI=1S/C27H27FN2O3/c1-17-13-20(22-11-12-29-24-10-9-21(28)15-23(22)24)8-7-19(17)14-26(31)30-25(16-33-27(30)32)18-5-3-2-4-6-18/h2-6,9-12,15,17,19-20,25H,7-8,13-14,16H2,1H3/t17?,19?,20?,25-/m0/s1. The maximum atomic E-state index is 13.9. The maximum Gasteiger partial charge on any atom is 0.417 e. The number of rotatable bonds is 4. The van der Waals surface area contributed by atoms with Gasteiger partial charge < -0.3 is 4.74 Å². The topological polar surface area (TPSA) is 59.5 Å². The number of carbonyl (C=O) groups excluding carboxylic acids is 2. The Balaban J connectivity index is 1.29. The average molecular weight is 447 g/mol. The molecule has 0 N–H and O–H groups in total. The number of amides is 2. The number of hydrogen-bond acceptors (Lipinski definition) is 4. The van der Waals surface area contributed by atoms with Crippen LogP contribution in [0.25, 0.3) is 10.9 Å². The lowest BCUT2D eigenvalue weighted by Crippen LogP contribution is -2.37. The SMILES string of the molecule is CC1CC(c2ccnc3ccc(F)cc23)CCC1CC(=O)N1C(=O)OC[C@H]1c1ccccc1. The Labute approximate surface area is 192 Å². The van der Waals surface area contributed by atoms with Gasteiger partial charge in [-0.2, -0.15) is 0 Å². The van der Waals surface area contributed by atoms with Crippen LogP contribution in [-0.4, -0.2) is 28.5 Å². The Morgan fingerprint density at radius 3 is 2.76 bits per heavy atom. The van der Waals surface area contributed by atoms with Crippen LogP contribution in [0.2, 0.25) is 0 Å². The molecule has 4 atom stereocenters. The van der Waals surface area contributed by atoms with Crippen LogP contribution < -0.4 is 0 Å². The predicted octanol–water partition coefficient (Wildman–Crippen LogP) is 6.00. The van der Waals surface area contributed by atoms with E-state index < -0.39 is 6.09 Å². The third-order valence-electron chi connectivity index (χ3n) is 7.29. The molecule has 33 heavy (non-hydrogen) atoms. The van der Waals surface area contributed by atoms with Crippen molar-refractivity contribution < 1.29 is 18.7 Å². The van der Waals surface area contributed by atoms with Crippen molar-refractivity contribution >= 4 is 22.9 Å². The van der Waals surface area contributed by atoms with E-state index in [4.69, 9.17) is 4.74 Å². The second-order valence-electron chi connectivity index (χ2n) is 9.28. The molecule has 3 unspecified atom stereocenters. The molecule has 6 heteroatoms. The van der Waals surface area contributed by atoms with Gasteiger partial charge >= 0.3 is 6.09 Å². The molecule has 5 rings (SSSR count). The molecular weight excluding hydrogens is 419 g/mol. The van der Waals surface area contributed by atoms with E-state index >= 15 is 0 Å². The van der Waals surface area contributed by atoms with Crippen LogP contribution in [0.3, 0.4) is 0 Å². The molecule has 2 heterocycles. The van der Waals surface area contributed by atoms with Crippen molar-refractivity contribution in [3.8, 4) is 0 Å². The number of aromatic nitrogens is 1. The van der Waals surface area contributed by atoms with Crippen LogP contribution in [0.4, 0.5) is 9.18 Å². The minimum absolute atomic E-state index is 0.168. The van der Waals surface area contributed by atoms with Crippen LogP contribution in [0.5, 0.6) is 0 Å². The van der Waals surface area contributed by atoms with E-state index in [9.17, 15) is 14.0 Å². The van der Waals surface area contributed by atoms with E-state index in [0.29, 0.717) is 18.3 Å². The minimum Gasteiger partial charge on any atom is -0.446 e. The highest BCUT2D eigenvalue weighted by Crippen LogP contribution is 2.43. The van der Waals surface area contributed by atoms with Gasteiger partial charge in [0.2, 0.25) is 5.91 Å². The first-order valence-electron chi connectivity index (χ1n) is 11.6. The van der Waals surface area contributed by atoms with Gasteiger partial charge in [-0.15, -0.1) is 0 Å². The lowest BCUT2D eigenvalue weighted by Gasteiger charge is -2.35. The van der Waals surface area contributed by atoms with Crippen LogP contribution in [0.1, 0.15) is 55.7 Å². The summed E-state index contributed by atoms with van der Waals surface area (Å²) in [5.41, 5.74) is 2.84. The Morgan fingerprint density at radius 2 is 1.97 bits per heavy atom. The fourth-order valence-electron chi connectivity index (χ4n) is 5.48. The number of imide groups is 1. The normalized spacial score (nSPS) is 25.3. The summed E-state index contributed by atoms with van der Waals surface area (Å²) in [5, 5.41) is 0.870. The lowest BCUT2D eigenvalue weighted by molar-refractivity contribution is -0.131. The Kier molecular flexibility index (Phi) is 5.83. The molecule has 170 valence electrons. The zero-order chi connectivity index (χ0) is 22.9. The smallest absolute Gasteiger partial charge is 0.417 e. The Hall–Kier alpha value is -3.28. The summed E-state index contributed by atoms with van der Waals surface area (Å²) in [6, 6.07) is 15.9. The van der Waals surface area contributed by atoms with Crippen LogP contribution in [-0.2, 0) is 9.53 Å². The van der Waals surface area contributed by atoms with Gasteiger partial charge in [-0.1, -0.05) is 37.3 Å². The van der Waals surface area contributed by atoms with Gasteiger partial charge in [-0.3, -0.25) is 9.78 Å². The fraction of sp³-hybridized carbons (Fsp3) is 0.370. The summed E-state index contributed by atoms with van der Waals surface area (Å²) in [6.07, 6.45) is 4.29. The first kappa shape index (κ1) is 21.6. The minimum atomic E-state index is -0.555. The van der Waals surface area contributed by atoms with Gasteiger partial charge in [0.15, 0.2) is 0 Å². The molecule has 1 saturated heterocycles. The number of cyclic esters (lactones) is 1. The molecule has 2 aliphatic rings. The van der Waals surface area contributed by atoms with E-state index in [-0.39, 0.29) is 30.3 Å². The number of ether oxygens (including phenoxy) is 1. The van der Waals surface area contributed by atoms with E-state index in [0.717, 1.165) is 41.3 Å². The second kappa shape index (κ2) is 8.93. The number of fused-ring (bicyclic) bond motifs is 1. The van der Waals surface area contributed by atoms with Crippen molar-refractivity contribution in [1.82, 2.24) is 9.88 Å². The number of pyridine rings is 1. The third-order valence-corrected chi connectivity index (χ3v) is 7.29. The third kappa shape index (κ3) is 4.22. The summed E-state index contributed by atoms with van der Waals surface area (Å²) in [7, 11) is 0. The zero-order valence-corrected chi connectivity index (χ0v) is 18.6. The van der Waals surface area contributed by atoms with Crippen molar-refractivity contribution in [2.75, 3.05) is 6.61 Å². The van der Waals surface area contributed by atoms with Crippen molar-refractivity contribution in [3.05, 3.63) is 77.7 Å². The molecule has 5 nitrogen and oxygen atoms in total. The summed E-state index contributed by atoms with van der Waals surface area (Å²) in [6.45, 7) is 2.37. The number of benzene rings is 2. The highest BCUT2D eigenvalue weighted by atomic mass is 19.1. The fourth-order valence-corrected chi connectivity index (χ4v) is 5.48.